The van der Waals surface area contributed by atoms with Crippen molar-refractivity contribution in [3.8, 4) is 0 Å². The molecule has 0 spiro atoms. The molecule has 2 atom stereocenters. The molecule has 1 aliphatic rings. The van der Waals surface area contributed by atoms with Crippen molar-refractivity contribution in [2.24, 2.45) is 0 Å². The molecule has 5 heteroatoms. The van der Waals surface area contributed by atoms with Crippen LogP contribution in [0.5, 0.6) is 0 Å². The predicted molar refractivity (Wildman–Crippen MR) is 81.0 cm³/mol. The minimum absolute atomic E-state index is 0.353. The van der Waals surface area contributed by atoms with Gasteiger partial charge < -0.3 is 10.4 Å². The number of rotatable bonds is 6. The monoisotopic (exact) mass is 294 g/mol. The molecule has 1 aromatic rings. The quantitative estimate of drug-likeness (QED) is 0.844. The zero-order valence-electron chi connectivity index (χ0n) is 11.8. The number of pyridine rings is 1. The molecule has 2 N–H and O–H groups in total. The van der Waals surface area contributed by atoms with E-state index in [2.05, 4.69) is 17.2 Å². The maximum atomic E-state index is 11.7. The summed E-state index contributed by atoms with van der Waals surface area (Å²) in [6.45, 7) is 2.83. The van der Waals surface area contributed by atoms with Crippen LogP contribution < -0.4 is 5.32 Å². The summed E-state index contributed by atoms with van der Waals surface area (Å²) in [5.41, 5.74) is -0.737. The smallest absolute Gasteiger partial charge is 0.323 e. The van der Waals surface area contributed by atoms with Crippen molar-refractivity contribution in [2.75, 3.05) is 6.54 Å². The van der Waals surface area contributed by atoms with Crippen molar-refractivity contribution >= 4 is 17.7 Å². The Bertz CT molecular complexity index is 441. The first kappa shape index (κ1) is 15.3. The fourth-order valence-corrected chi connectivity index (χ4v) is 4.04. The second-order valence-corrected chi connectivity index (χ2v) is 6.71. The van der Waals surface area contributed by atoms with E-state index in [1.54, 1.807) is 24.2 Å². The van der Waals surface area contributed by atoms with Crippen molar-refractivity contribution in [2.45, 2.75) is 54.7 Å². The van der Waals surface area contributed by atoms with Gasteiger partial charge in [0.15, 0.2) is 0 Å². The minimum atomic E-state index is -0.737. The van der Waals surface area contributed by atoms with E-state index in [0.717, 1.165) is 32.2 Å². The molecule has 1 fully saturated rings. The summed E-state index contributed by atoms with van der Waals surface area (Å²) in [6, 6.07) is 3.97. The molecule has 1 heterocycles. The lowest BCUT2D eigenvalue weighted by Gasteiger charge is -2.38. The summed E-state index contributed by atoms with van der Waals surface area (Å²) in [7, 11) is 0. The Balaban J connectivity index is 2.04. The fourth-order valence-electron chi connectivity index (χ4n) is 2.73. The zero-order valence-corrected chi connectivity index (χ0v) is 12.7. The summed E-state index contributed by atoms with van der Waals surface area (Å²) in [5.74, 6) is -0.703. The molecule has 2 unspecified atom stereocenters. The van der Waals surface area contributed by atoms with Crippen molar-refractivity contribution in [1.82, 2.24) is 10.3 Å². The predicted octanol–water partition coefficient (Wildman–Crippen LogP) is 2.94. The van der Waals surface area contributed by atoms with Crippen molar-refractivity contribution < 1.29 is 9.90 Å². The summed E-state index contributed by atoms with van der Waals surface area (Å²) in [4.78, 5) is 16.9. The van der Waals surface area contributed by atoms with Gasteiger partial charge in [-0.25, -0.2) is 0 Å². The van der Waals surface area contributed by atoms with Crippen LogP contribution in [0.25, 0.3) is 0 Å². The largest absolute Gasteiger partial charge is 0.480 e. The summed E-state index contributed by atoms with van der Waals surface area (Å²) >= 11 is 1.77. The minimum Gasteiger partial charge on any atom is -0.480 e. The average molecular weight is 294 g/mol. The number of nitrogens with one attached hydrogen (secondary N) is 1. The highest BCUT2D eigenvalue weighted by Gasteiger charge is 2.42. The summed E-state index contributed by atoms with van der Waals surface area (Å²) in [6.07, 6.45) is 7.99. The van der Waals surface area contributed by atoms with Crippen LogP contribution in [-0.2, 0) is 4.79 Å². The maximum Gasteiger partial charge on any atom is 0.323 e. The molecular formula is C15H22N2O2S. The van der Waals surface area contributed by atoms with Gasteiger partial charge in [-0.2, -0.15) is 0 Å². The van der Waals surface area contributed by atoms with E-state index in [4.69, 9.17) is 0 Å². The molecule has 1 aromatic heterocycles. The third-order valence-corrected chi connectivity index (χ3v) is 5.06. The number of nitrogens with zero attached hydrogens (tertiary/aromatic N) is 1. The highest BCUT2D eigenvalue weighted by atomic mass is 32.2. The number of hydrogen-bond acceptors (Lipinski definition) is 4. The topological polar surface area (TPSA) is 62.2 Å². The van der Waals surface area contributed by atoms with Gasteiger partial charge in [0.2, 0.25) is 0 Å². The lowest BCUT2D eigenvalue weighted by atomic mass is 9.81. The average Bonchev–Trinajstić information content (AvgIpc) is 2.46. The standard InChI is InChI=1S/C15H22N2O2S/c1-2-8-17-15(14(18)19)7-3-4-13(11-15)20-12-5-9-16-10-6-12/h5-6,9-10,13,17H,2-4,7-8,11H2,1H3,(H,18,19). The van der Waals surface area contributed by atoms with Crippen LogP contribution in [0.1, 0.15) is 39.0 Å². The molecule has 0 aliphatic heterocycles. The molecule has 2 rings (SSSR count). The maximum absolute atomic E-state index is 11.7. The second kappa shape index (κ2) is 7.09. The van der Waals surface area contributed by atoms with Crippen LogP contribution in [0.15, 0.2) is 29.4 Å². The summed E-state index contributed by atoms with van der Waals surface area (Å²) in [5, 5.41) is 13.2. The van der Waals surface area contributed by atoms with E-state index in [9.17, 15) is 9.90 Å². The number of hydrogen-bond donors (Lipinski definition) is 2. The third-order valence-electron chi connectivity index (χ3n) is 3.78. The van der Waals surface area contributed by atoms with Gasteiger partial charge in [-0.3, -0.25) is 9.78 Å². The van der Waals surface area contributed by atoms with Gasteiger partial charge in [-0.05, 0) is 50.8 Å². The Morgan fingerprint density at radius 2 is 2.30 bits per heavy atom. The Morgan fingerprint density at radius 3 is 2.95 bits per heavy atom. The number of carbonyl (C=O) groups is 1. The van der Waals surface area contributed by atoms with E-state index in [-0.39, 0.29) is 0 Å². The van der Waals surface area contributed by atoms with E-state index >= 15 is 0 Å². The molecule has 0 saturated heterocycles. The fraction of sp³-hybridized carbons (Fsp3) is 0.600. The van der Waals surface area contributed by atoms with Crippen LogP contribution >= 0.6 is 11.8 Å². The Kier molecular flexibility index (Phi) is 5.43. The van der Waals surface area contributed by atoms with Gasteiger partial charge >= 0.3 is 5.97 Å². The van der Waals surface area contributed by atoms with Crippen LogP contribution in [0.4, 0.5) is 0 Å². The molecule has 20 heavy (non-hydrogen) atoms. The molecule has 0 radical (unpaired) electrons. The van der Waals surface area contributed by atoms with Gasteiger partial charge in [0.25, 0.3) is 0 Å². The van der Waals surface area contributed by atoms with E-state index in [1.807, 2.05) is 12.1 Å². The molecule has 1 saturated carbocycles. The van der Waals surface area contributed by atoms with Crippen molar-refractivity contribution in [1.29, 1.82) is 0 Å². The van der Waals surface area contributed by atoms with Crippen LogP contribution in [0.3, 0.4) is 0 Å². The zero-order chi connectivity index (χ0) is 14.4. The van der Waals surface area contributed by atoms with Crippen molar-refractivity contribution in [3.05, 3.63) is 24.5 Å². The molecule has 4 nitrogen and oxygen atoms in total. The Labute approximate surface area is 124 Å². The molecular weight excluding hydrogens is 272 g/mol. The number of thioether (sulfide) groups is 1. The Morgan fingerprint density at radius 1 is 1.55 bits per heavy atom. The van der Waals surface area contributed by atoms with E-state index in [1.165, 1.54) is 4.90 Å². The lowest BCUT2D eigenvalue weighted by Crippen LogP contribution is -2.55. The number of aliphatic carboxylic acids is 1. The van der Waals surface area contributed by atoms with Gasteiger partial charge in [-0.1, -0.05) is 6.92 Å². The van der Waals surface area contributed by atoms with Crippen LogP contribution in [0.2, 0.25) is 0 Å². The normalized spacial score (nSPS) is 26.4. The van der Waals surface area contributed by atoms with Gasteiger partial charge in [0, 0.05) is 22.5 Å². The second-order valence-electron chi connectivity index (χ2n) is 5.33. The number of aromatic nitrogens is 1. The first-order valence-electron chi connectivity index (χ1n) is 7.21. The number of carboxylic acids is 1. The molecule has 0 aromatic carbocycles. The van der Waals surface area contributed by atoms with Crippen LogP contribution in [0, 0.1) is 0 Å². The molecule has 1 aliphatic carbocycles. The number of carboxylic acid groups (broad SMARTS) is 1. The lowest BCUT2D eigenvalue weighted by molar-refractivity contribution is -0.146. The first-order valence-corrected chi connectivity index (χ1v) is 8.09. The van der Waals surface area contributed by atoms with Crippen molar-refractivity contribution in [3.63, 3.8) is 0 Å². The molecule has 0 amide bonds. The summed E-state index contributed by atoms with van der Waals surface area (Å²) < 4.78 is 0. The van der Waals surface area contributed by atoms with Gasteiger partial charge in [0.05, 0.1) is 0 Å². The highest BCUT2D eigenvalue weighted by Crippen LogP contribution is 2.38. The van der Waals surface area contributed by atoms with E-state index in [0.29, 0.717) is 11.7 Å². The molecule has 110 valence electrons. The Hall–Kier alpha value is -1.07. The van der Waals surface area contributed by atoms with E-state index < -0.39 is 11.5 Å². The highest BCUT2D eigenvalue weighted by molar-refractivity contribution is 8.00. The third kappa shape index (κ3) is 3.73. The van der Waals surface area contributed by atoms with Crippen LogP contribution in [-0.4, -0.2) is 33.4 Å². The molecule has 0 bridgehead atoms. The van der Waals surface area contributed by atoms with Gasteiger partial charge in [-0.15, -0.1) is 11.8 Å². The SMILES string of the molecule is CCCNC1(C(=O)O)CCCC(Sc2ccncc2)C1. The van der Waals surface area contributed by atoms with Gasteiger partial charge in [0.1, 0.15) is 5.54 Å². The first-order chi connectivity index (χ1) is 9.66.